The van der Waals surface area contributed by atoms with E-state index in [1.54, 1.807) is 0 Å². The Labute approximate surface area is 181 Å². The zero-order valence-corrected chi connectivity index (χ0v) is 17.3. The summed E-state index contributed by atoms with van der Waals surface area (Å²) in [4.78, 5) is 30.2. The van der Waals surface area contributed by atoms with Gasteiger partial charge in [-0.05, 0) is 45.0 Å². The molecule has 4 aromatic rings. The SMILES string of the molecule is CC(C)(C)OC(=O)n1c2cc(C(F)(F)F)c(C(F)(F)F)cc2n2c(=O)c3ccccc3nc12. The highest BCUT2D eigenvalue weighted by molar-refractivity contribution is 5.95. The number of para-hydroxylation sites is 1. The summed E-state index contributed by atoms with van der Waals surface area (Å²) in [5, 5.41) is 0.00620. The average molecular weight is 471 g/mol. The summed E-state index contributed by atoms with van der Waals surface area (Å²) >= 11 is 0. The van der Waals surface area contributed by atoms with Crippen molar-refractivity contribution in [3.05, 3.63) is 57.9 Å². The van der Waals surface area contributed by atoms with Crippen LogP contribution in [0.4, 0.5) is 31.1 Å². The predicted molar refractivity (Wildman–Crippen MR) is 106 cm³/mol. The van der Waals surface area contributed by atoms with Crippen molar-refractivity contribution in [1.82, 2.24) is 14.0 Å². The fraction of sp³-hybridized carbons (Fsp3) is 0.286. The molecule has 0 aliphatic heterocycles. The van der Waals surface area contributed by atoms with Gasteiger partial charge in [0, 0.05) is 0 Å². The molecule has 0 N–H and O–H groups in total. The van der Waals surface area contributed by atoms with E-state index in [0.29, 0.717) is 8.97 Å². The number of rotatable bonds is 0. The zero-order chi connectivity index (χ0) is 24.5. The summed E-state index contributed by atoms with van der Waals surface area (Å²) in [6, 6.07) is 6.20. The minimum atomic E-state index is -5.39. The fourth-order valence-electron chi connectivity index (χ4n) is 3.49. The highest BCUT2D eigenvalue weighted by Gasteiger charge is 2.44. The standard InChI is InChI=1S/C21H15F6N3O3/c1-19(2,3)33-18(32)30-15-9-12(21(25,26)27)11(20(22,23)24)8-14(15)29-16(31)10-6-4-5-7-13(10)28-17(29)30/h4-9H,1-3H3. The molecule has 0 saturated heterocycles. The summed E-state index contributed by atoms with van der Waals surface area (Å²) in [6.07, 6.45) is -12.0. The minimum absolute atomic E-state index is 0.00620. The van der Waals surface area contributed by atoms with Gasteiger partial charge in [0.25, 0.3) is 5.56 Å². The molecule has 12 heteroatoms. The Kier molecular flexibility index (Phi) is 4.77. The highest BCUT2D eigenvalue weighted by Crippen LogP contribution is 2.42. The van der Waals surface area contributed by atoms with E-state index in [4.69, 9.17) is 4.74 Å². The second kappa shape index (κ2) is 6.96. The van der Waals surface area contributed by atoms with Crippen LogP contribution in [0, 0.1) is 0 Å². The third kappa shape index (κ3) is 3.79. The molecule has 0 atom stereocenters. The molecule has 0 unspecified atom stereocenters. The maximum Gasteiger partial charge on any atom is 0.421 e. The van der Waals surface area contributed by atoms with Crippen molar-refractivity contribution in [3.63, 3.8) is 0 Å². The highest BCUT2D eigenvalue weighted by atomic mass is 19.4. The Balaban J connectivity index is 2.26. The van der Waals surface area contributed by atoms with Gasteiger partial charge in [-0.1, -0.05) is 12.1 Å². The Hall–Kier alpha value is -3.57. The van der Waals surface area contributed by atoms with Gasteiger partial charge in [0.15, 0.2) is 0 Å². The van der Waals surface area contributed by atoms with Gasteiger partial charge in [-0.25, -0.2) is 18.7 Å². The number of hydrogen-bond donors (Lipinski definition) is 0. The summed E-state index contributed by atoms with van der Waals surface area (Å²) in [5.74, 6) is -0.476. The molecule has 2 heterocycles. The number of carbonyl (C=O) groups is 1. The third-order valence-electron chi connectivity index (χ3n) is 4.74. The van der Waals surface area contributed by atoms with Crippen LogP contribution in [0.5, 0.6) is 0 Å². The molecule has 0 aliphatic carbocycles. The largest absolute Gasteiger partial charge is 0.443 e. The molecular weight excluding hydrogens is 456 g/mol. The van der Waals surface area contributed by atoms with E-state index in [0.717, 1.165) is 0 Å². The number of ether oxygens (including phenoxy) is 1. The van der Waals surface area contributed by atoms with E-state index in [9.17, 15) is 35.9 Å². The van der Waals surface area contributed by atoms with E-state index in [1.165, 1.54) is 45.0 Å². The second-order valence-electron chi connectivity index (χ2n) is 8.27. The first-order valence-electron chi connectivity index (χ1n) is 9.47. The number of aromatic nitrogens is 3. The first-order chi connectivity index (χ1) is 15.1. The normalized spacial score (nSPS) is 13.2. The number of alkyl halides is 6. The van der Waals surface area contributed by atoms with Crippen LogP contribution in [0.15, 0.2) is 41.2 Å². The van der Waals surface area contributed by atoms with Crippen LogP contribution in [0.1, 0.15) is 31.9 Å². The van der Waals surface area contributed by atoms with E-state index in [1.807, 2.05) is 0 Å². The number of carbonyl (C=O) groups excluding carboxylic acids is 1. The maximum absolute atomic E-state index is 13.6. The Morgan fingerprint density at radius 2 is 1.45 bits per heavy atom. The molecule has 0 radical (unpaired) electrons. The van der Waals surface area contributed by atoms with Crippen LogP contribution < -0.4 is 5.56 Å². The van der Waals surface area contributed by atoms with Crippen molar-refractivity contribution in [2.24, 2.45) is 0 Å². The van der Waals surface area contributed by atoms with E-state index >= 15 is 0 Å². The Morgan fingerprint density at radius 1 is 0.909 bits per heavy atom. The average Bonchev–Trinajstić information content (AvgIpc) is 2.98. The third-order valence-corrected chi connectivity index (χ3v) is 4.74. The molecule has 174 valence electrons. The molecule has 0 aliphatic rings. The number of benzene rings is 2. The number of nitrogens with zero attached hydrogens (tertiary/aromatic N) is 3. The van der Waals surface area contributed by atoms with Gasteiger partial charge in [-0.3, -0.25) is 4.79 Å². The Morgan fingerprint density at radius 3 is 2.00 bits per heavy atom. The van der Waals surface area contributed by atoms with Crippen LogP contribution >= 0.6 is 0 Å². The van der Waals surface area contributed by atoms with Gasteiger partial charge in [0.2, 0.25) is 5.78 Å². The van der Waals surface area contributed by atoms with Crippen molar-refractivity contribution in [3.8, 4) is 0 Å². The molecule has 0 spiro atoms. The Bertz CT molecular complexity index is 1490. The molecule has 0 amide bonds. The topological polar surface area (TPSA) is 65.6 Å². The molecule has 6 nitrogen and oxygen atoms in total. The van der Waals surface area contributed by atoms with Crippen LogP contribution in [0.2, 0.25) is 0 Å². The van der Waals surface area contributed by atoms with Crippen molar-refractivity contribution in [2.45, 2.75) is 38.7 Å². The summed E-state index contributed by atoms with van der Waals surface area (Å²) in [5.41, 5.74) is -7.03. The summed E-state index contributed by atoms with van der Waals surface area (Å²) < 4.78 is 87.8. The van der Waals surface area contributed by atoms with Crippen LogP contribution in [0.3, 0.4) is 0 Å². The quantitative estimate of drug-likeness (QED) is 0.312. The van der Waals surface area contributed by atoms with E-state index in [2.05, 4.69) is 4.98 Å². The lowest BCUT2D eigenvalue weighted by molar-refractivity contribution is -0.161. The lowest BCUT2D eigenvalue weighted by Gasteiger charge is -2.20. The van der Waals surface area contributed by atoms with Crippen molar-refractivity contribution >= 4 is 33.8 Å². The van der Waals surface area contributed by atoms with Gasteiger partial charge in [-0.2, -0.15) is 26.3 Å². The molecule has 2 aromatic carbocycles. The van der Waals surface area contributed by atoms with Crippen molar-refractivity contribution < 1.29 is 35.9 Å². The number of halogens is 6. The van der Waals surface area contributed by atoms with E-state index in [-0.39, 0.29) is 23.0 Å². The summed E-state index contributed by atoms with van der Waals surface area (Å²) in [7, 11) is 0. The van der Waals surface area contributed by atoms with Gasteiger partial charge < -0.3 is 4.74 Å². The maximum atomic E-state index is 13.6. The molecule has 33 heavy (non-hydrogen) atoms. The summed E-state index contributed by atoms with van der Waals surface area (Å²) in [6.45, 7) is 4.49. The van der Waals surface area contributed by atoms with Gasteiger partial charge in [-0.15, -0.1) is 0 Å². The molecule has 0 fully saturated rings. The van der Waals surface area contributed by atoms with E-state index < -0.39 is 57.5 Å². The van der Waals surface area contributed by atoms with Crippen molar-refractivity contribution in [1.29, 1.82) is 0 Å². The predicted octanol–water partition coefficient (Wildman–Crippen LogP) is 5.62. The fourth-order valence-corrected chi connectivity index (χ4v) is 3.49. The van der Waals surface area contributed by atoms with Crippen LogP contribution in [-0.2, 0) is 17.1 Å². The number of hydrogen-bond acceptors (Lipinski definition) is 4. The van der Waals surface area contributed by atoms with Gasteiger partial charge >= 0.3 is 18.4 Å². The first kappa shape index (κ1) is 22.6. The second-order valence-corrected chi connectivity index (χ2v) is 8.27. The van der Waals surface area contributed by atoms with Gasteiger partial charge in [0.1, 0.15) is 5.60 Å². The first-order valence-corrected chi connectivity index (χ1v) is 9.47. The molecular formula is C21H15F6N3O3. The molecule has 4 rings (SSSR count). The monoisotopic (exact) mass is 471 g/mol. The minimum Gasteiger partial charge on any atom is -0.443 e. The number of imidazole rings is 1. The molecule has 0 bridgehead atoms. The zero-order valence-electron chi connectivity index (χ0n) is 17.3. The van der Waals surface area contributed by atoms with Crippen LogP contribution in [-0.4, -0.2) is 25.6 Å². The lowest BCUT2D eigenvalue weighted by atomic mass is 10.1. The molecule has 0 saturated carbocycles. The van der Waals surface area contributed by atoms with Crippen molar-refractivity contribution in [2.75, 3.05) is 0 Å². The lowest BCUT2D eigenvalue weighted by Crippen LogP contribution is -2.28. The smallest absolute Gasteiger partial charge is 0.421 e. The number of fused-ring (bicyclic) bond motifs is 4. The van der Waals surface area contributed by atoms with Gasteiger partial charge in [0.05, 0.1) is 33.1 Å². The molecule has 2 aromatic heterocycles. The van der Waals surface area contributed by atoms with Crippen LogP contribution in [0.25, 0.3) is 27.7 Å².